The van der Waals surface area contributed by atoms with Gasteiger partial charge in [0, 0.05) is 5.56 Å². The van der Waals surface area contributed by atoms with E-state index >= 15 is 0 Å². The predicted octanol–water partition coefficient (Wildman–Crippen LogP) is 5.08. The lowest BCUT2D eigenvalue weighted by molar-refractivity contribution is 0.0977. The van der Waals surface area contributed by atoms with E-state index in [-0.39, 0.29) is 11.3 Å². The first-order valence-electron chi connectivity index (χ1n) is 8.21. The zero-order valence-corrected chi connectivity index (χ0v) is 15.4. The van der Waals surface area contributed by atoms with Crippen LogP contribution in [0, 0.1) is 13.8 Å². The lowest BCUT2D eigenvalue weighted by Gasteiger charge is -2.19. The van der Waals surface area contributed by atoms with Crippen LogP contribution in [0.2, 0.25) is 0 Å². The van der Waals surface area contributed by atoms with E-state index in [9.17, 15) is 4.79 Å². The summed E-state index contributed by atoms with van der Waals surface area (Å²) in [5, 5.41) is 2.86. The molecule has 24 heavy (non-hydrogen) atoms. The molecule has 0 aliphatic rings. The maximum absolute atomic E-state index is 12.4. The van der Waals surface area contributed by atoms with Crippen LogP contribution in [0.25, 0.3) is 0 Å². The average molecular weight is 322 g/mol. The summed E-state index contributed by atoms with van der Waals surface area (Å²) < 4.78 is 0. The normalized spacial score (nSPS) is 12.2. The van der Waals surface area contributed by atoms with Crippen molar-refractivity contribution in [2.24, 2.45) is 4.99 Å². The molecular weight excluding hydrogens is 296 g/mol. The third-order valence-corrected chi connectivity index (χ3v) is 3.95. The summed E-state index contributed by atoms with van der Waals surface area (Å²) in [6.07, 6.45) is 0. The molecule has 0 aliphatic heterocycles. The fourth-order valence-corrected chi connectivity index (χ4v) is 2.50. The van der Waals surface area contributed by atoms with Crippen molar-refractivity contribution < 1.29 is 4.79 Å². The summed E-state index contributed by atoms with van der Waals surface area (Å²) in [7, 11) is 0. The third-order valence-electron chi connectivity index (χ3n) is 3.95. The number of rotatable bonds is 2. The Morgan fingerprint density at radius 1 is 1.00 bits per heavy atom. The first-order valence-corrected chi connectivity index (χ1v) is 8.21. The molecule has 1 N–H and O–H groups in total. The van der Waals surface area contributed by atoms with Crippen molar-refractivity contribution in [3.05, 3.63) is 64.7 Å². The number of hydrogen-bond acceptors (Lipinski definition) is 2. The molecule has 0 aromatic heterocycles. The molecular formula is C21H26N2O. The average Bonchev–Trinajstić information content (AvgIpc) is 2.49. The topological polar surface area (TPSA) is 41.5 Å². The zero-order valence-electron chi connectivity index (χ0n) is 15.4. The molecule has 0 aliphatic carbocycles. The number of aryl methyl sites for hydroxylation is 2. The van der Waals surface area contributed by atoms with Gasteiger partial charge in [-0.3, -0.25) is 4.79 Å². The summed E-state index contributed by atoms with van der Waals surface area (Å²) in [5.41, 5.74) is 5.10. The van der Waals surface area contributed by atoms with Crippen LogP contribution < -0.4 is 5.32 Å². The van der Waals surface area contributed by atoms with Crippen molar-refractivity contribution in [3.63, 3.8) is 0 Å². The van der Waals surface area contributed by atoms with E-state index in [2.05, 4.69) is 44.1 Å². The number of carbonyl (C=O) groups is 1. The molecule has 1 amide bonds. The van der Waals surface area contributed by atoms with Crippen LogP contribution in [0.15, 0.2) is 47.5 Å². The Hall–Kier alpha value is -2.42. The second kappa shape index (κ2) is 7.00. The van der Waals surface area contributed by atoms with Gasteiger partial charge in [0.25, 0.3) is 5.91 Å². The second-order valence-corrected chi connectivity index (χ2v) is 7.27. The van der Waals surface area contributed by atoms with E-state index in [0.717, 1.165) is 11.3 Å². The van der Waals surface area contributed by atoms with Gasteiger partial charge in [-0.2, -0.15) is 0 Å². The largest absolute Gasteiger partial charge is 0.310 e. The predicted molar refractivity (Wildman–Crippen MR) is 101 cm³/mol. The molecule has 0 saturated carbocycles. The fourth-order valence-electron chi connectivity index (χ4n) is 2.50. The van der Waals surface area contributed by atoms with Crippen LogP contribution in [0.1, 0.15) is 54.7 Å². The van der Waals surface area contributed by atoms with Crippen molar-refractivity contribution in [2.45, 2.75) is 47.0 Å². The van der Waals surface area contributed by atoms with Crippen LogP contribution in [0.3, 0.4) is 0 Å². The van der Waals surface area contributed by atoms with Gasteiger partial charge in [-0.15, -0.1) is 0 Å². The number of nitrogens with zero attached hydrogens (tertiary/aromatic N) is 1. The van der Waals surface area contributed by atoms with Crippen LogP contribution >= 0.6 is 0 Å². The van der Waals surface area contributed by atoms with Gasteiger partial charge in [-0.05, 0) is 55.5 Å². The van der Waals surface area contributed by atoms with Gasteiger partial charge in [-0.25, -0.2) is 4.99 Å². The van der Waals surface area contributed by atoms with Crippen LogP contribution in [-0.4, -0.2) is 11.7 Å². The molecule has 3 nitrogen and oxygen atoms in total. The highest BCUT2D eigenvalue weighted by molar-refractivity contribution is 6.06. The molecule has 0 spiro atoms. The van der Waals surface area contributed by atoms with Crippen molar-refractivity contribution in [1.29, 1.82) is 0 Å². The Bertz CT molecular complexity index is 765. The van der Waals surface area contributed by atoms with E-state index < -0.39 is 0 Å². The molecule has 0 fully saturated rings. The Balaban J connectivity index is 2.12. The number of amidine groups is 1. The highest BCUT2D eigenvalue weighted by Crippen LogP contribution is 2.22. The maximum Gasteiger partial charge on any atom is 0.256 e. The van der Waals surface area contributed by atoms with Gasteiger partial charge in [0.15, 0.2) is 0 Å². The van der Waals surface area contributed by atoms with Crippen LogP contribution in [0.5, 0.6) is 0 Å². The van der Waals surface area contributed by atoms with Crippen LogP contribution in [-0.2, 0) is 5.41 Å². The molecule has 2 aromatic rings. The Labute approximate surface area is 144 Å². The van der Waals surface area contributed by atoms with Crippen molar-refractivity contribution >= 4 is 17.4 Å². The maximum atomic E-state index is 12.4. The van der Waals surface area contributed by atoms with E-state index in [0.29, 0.717) is 11.4 Å². The van der Waals surface area contributed by atoms with Gasteiger partial charge in [0.1, 0.15) is 5.84 Å². The molecule has 3 heteroatoms. The Kier molecular flexibility index (Phi) is 5.23. The SMILES string of the molecule is CC(=Nc1ccc(C)cc1C)NC(=O)c1ccc(C(C)(C)C)cc1. The van der Waals surface area contributed by atoms with E-state index in [4.69, 9.17) is 0 Å². The quantitative estimate of drug-likeness (QED) is 0.608. The number of aliphatic imine (C=N–C) groups is 1. The zero-order chi connectivity index (χ0) is 17.9. The fraction of sp³-hybridized carbons (Fsp3) is 0.333. The van der Waals surface area contributed by atoms with Gasteiger partial charge in [0.2, 0.25) is 0 Å². The molecule has 0 atom stereocenters. The minimum atomic E-state index is -0.138. The van der Waals surface area contributed by atoms with Crippen molar-refractivity contribution in [3.8, 4) is 0 Å². The first-order chi connectivity index (χ1) is 11.2. The highest BCUT2D eigenvalue weighted by Gasteiger charge is 2.14. The first kappa shape index (κ1) is 17.9. The smallest absolute Gasteiger partial charge is 0.256 e. The van der Waals surface area contributed by atoms with E-state index in [1.54, 1.807) is 6.92 Å². The standard InChI is InChI=1S/C21H26N2O/c1-14-7-12-19(15(2)13-14)22-16(3)23-20(24)17-8-10-18(11-9-17)21(4,5)6/h7-13H,1-6H3,(H,22,23,24). The summed E-state index contributed by atoms with van der Waals surface area (Å²) in [5.74, 6) is 0.452. The summed E-state index contributed by atoms with van der Waals surface area (Å²) in [4.78, 5) is 16.9. The minimum absolute atomic E-state index is 0.0787. The van der Waals surface area contributed by atoms with E-state index in [1.165, 1.54) is 11.1 Å². The number of amides is 1. The Morgan fingerprint density at radius 3 is 2.17 bits per heavy atom. The lowest BCUT2D eigenvalue weighted by Crippen LogP contribution is -2.28. The second-order valence-electron chi connectivity index (χ2n) is 7.27. The number of nitrogens with one attached hydrogen (secondary N) is 1. The van der Waals surface area contributed by atoms with E-state index in [1.807, 2.05) is 43.3 Å². The van der Waals surface area contributed by atoms with Crippen molar-refractivity contribution in [2.75, 3.05) is 0 Å². The molecule has 0 bridgehead atoms. The molecule has 2 rings (SSSR count). The molecule has 0 radical (unpaired) electrons. The van der Waals surface area contributed by atoms with Crippen molar-refractivity contribution in [1.82, 2.24) is 5.32 Å². The molecule has 2 aromatic carbocycles. The third kappa shape index (κ3) is 4.54. The monoisotopic (exact) mass is 322 g/mol. The van der Waals surface area contributed by atoms with Gasteiger partial charge in [0.05, 0.1) is 5.69 Å². The van der Waals surface area contributed by atoms with Gasteiger partial charge < -0.3 is 5.32 Å². The summed E-state index contributed by atoms with van der Waals surface area (Å²) in [6, 6.07) is 13.8. The molecule has 0 unspecified atom stereocenters. The van der Waals surface area contributed by atoms with Gasteiger partial charge >= 0.3 is 0 Å². The highest BCUT2D eigenvalue weighted by atomic mass is 16.1. The summed E-state index contributed by atoms with van der Waals surface area (Å²) >= 11 is 0. The summed E-state index contributed by atoms with van der Waals surface area (Å²) in [6.45, 7) is 12.3. The number of hydrogen-bond donors (Lipinski definition) is 1. The minimum Gasteiger partial charge on any atom is -0.310 e. The number of benzene rings is 2. The van der Waals surface area contributed by atoms with Crippen LogP contribution in [0.4, 0.5) is 5.69 Å². The van der Waals surface area contributed by atoms with Gasteiger partial charge in [-0.1, -0.05) is 50.6 Å². The molecule has 0 heterocycles. The number of carbonyl (C=O) groups excluding carboxylic acids is 1. The Morgan fingerprint density at radius 2 is 1.62 bits per heavy atom. The molecule has 126 valence electrons. The molecule has 0 saturated heterocycles. The lowest BCUT2D eigenvalue weighted by atomic mass is 9.87.